The Morgan fingerprint density at radius 2 is 2.23 bits per heavy atom. The van der Waals surface area contributed by atoms with E-state index in [0.29, 0.717) is 24.3 Å². The van der Waals surface area contributed by atoms with Gasteiger partial charge in [-0.3, -0.25) is 4.79 Å². The van der Waals surface area contributed by atoms with Crippen LogP contribution in [0.5, 0.6) is 11.5 Å². The zero-order chi connectivity index (χ0) is 15.1. The highest BCUT2D eigenvalue weighted by molar-refractivity contribution is 5.89. The van der Waals surface area contributed by atoms with Gasteiger partial charge in [-0.15, -0.1) is 0 Å². The smallest absolute Gasteiger partial charge is 0.174 e. The summed E-state index contributed by atoms with van der Waals surface area (Å²) in [5, 5.41) is 11.6. The Balaban J connectivity index is 1.87. The van der Waals surface area contributed by atoms with Crippen molar-refractivity contribution in [3.8, 4) is 11.5 Å². The molecule has 4 nitrogen and oxygen atoms in total. The summed E-state index contributed by atoms with van der Waals surface area (Å²) in [4.78, 5) is 12.6. The molecule has 1 aliphatic heterocycles. The van der Waals surface area contributed by atoms with Gasteiger partial charge in [-0.1, -0.05) is 12.5 Å². The molecule has 1 heterocycles. The Bertz CT molecular complexity index is 697. The van der Waals surface area contributed by atoms with Crippen molar-refractivity contribution >= 4 is 5.78 Å². The van der Waals surface area contributed by atoms with E-state index >= 15 is 0 Å². The minimum Gasteiger partial charge on any atom is -0.493 e. The van der Waals surface area contributed by atoms with E-state index in [1.165, 1.54) is 5.56 Å². The third-order valence-corrected chi connectivity index (χ3v) is 6.64. The van der Waals surface area contributed by atoms with Gasteiger partial charge in [0.25, 0.3) is 0 Å². The summed E-state index contributed by atoms with van der Waals surface area (Å²) in [6.45, 7) is 0. The zero-order valence-corrected chi connectivity index (χ0v) is 12.7. The first kappa shape index (κ1) is 12.9. The number of benzene rings is 1. The van der Waals surface area contributed by atoms with Crippen molar-refractivity contribution in [3.05, 3.63) is 23.3 Å². The summed E-state index contributed by atoms with van der Waals surface area (Å²) in [5.41, 5.74) is 0.975. The Morgan fingerprint density at radius 3 is 3.05 bits per heavy atom. The Labute approximate surface area is 129 Å². The van der Waals surface area contributed by atoms with Gasteiger partial charge in [0.15, 0.2) is 23.4 Å². The third kappa shape index (κ3) is 1.16. The quantitative estimate of drug-likeness (QED) is 0.863. The first-order chi connectivity index (χ1) is 10.6. The van der Waals surface area contributed by atoms with Crippen LogP contribution in [0.15, 0.2) is 12.1 Å². The van der Waals surface area contributed by atoms with Crippen molar-refractivity contribution < 1.29 is 19.4 Å². The Hall–Kier alpha value is -1.55. The molecule has 116 valence electrons. The predicted molar refractivity (Wildman–Crippen MR) is 79.3 cm³/mol. The molecule has 22 heavy (non-hydrogen) atoms. The lowest BCUT2D eigenvalue weighted by Gasteiger charge is -2.59. The summed E-state index contributed by atoms with van der Waals surface area (Å²) in [6.07, 6.45) is 4.28. The van der Waals surface area contributed by atoms with Crippen LogP contribution in [0, 0.1) is 5.92 Å². The fraction of sp³-hybridized carbons (Fsp3) is 0.611. The number of carbonyl (C=O) groups is 1. The van der Waals surface area contributed by atoms with Crippen LogP contribution in [0.2, 0.25) is 0 Å². The van der Waals surface area contributed by atoms with Crippen molar-refractivity contribution in [3.63, 3.8) is 0 Å². The second-order valence-electron chi connectivity index (χ2n) is 7.28. The Morgan fingerprint density at radius 1 is 1.36 bits per heavy atom. The third-order valence-electron chi connectivity index (χ3n) is 6.64. The standard InChI is InChI=1S/C18H20O4/c1-21-13-5-4-10-9-11-3-2-7-17-14(10)15(13)22-16(17)12(19)6-8-18(11,17)20/h4-5,11,16,20H,2-3,6-9H2,1H3/t11-,16+,17+,18-/m1/s1. The molecule has 1 aromatic rings. The first-order valence-electron chi connectivity index (χ1n) is 8.24. The Kier molecular flexibility index (Phi) is 2.27. The molecule has 1 spiro atoms. The van der Waals surface area contributed by atoms with E-state index in [-0.39, 0.29) is 11.7 Å². The highest BCUT2D eigenvalue weighted by atomic mass is 16.5. The summed E-state index contributed by atoms with van der Waals surface area (Å²) in [6, 6.07) is 4.04. The average molecular weight is 300 g/mol. The van der Waals surface area contributed by atoms with E-state index in [1.54, 1.807) is 7.11 Å². The number of ether oxygens (including phenoxy) is 2. The van der Waals surface area contributed by atoms with E-state index in [2.05, 4.69) is 6.07 Å². The van der Waals surface area contributed by atoms with Crippen LogP contribution in [0.1, 0.15) is 43.2 Å². The largest absolute Gasteiger partial charge is 0.493 e. The number of hydrogen-bond donors (Lipinski definition) is 1. The second-order valence-corrected chi connectivity index (χ2v) is 7.28. The van der Waals surface area contributed by atoms with Crippen molar-refractivity contribution in [2.24, 2.45) is 5.92 Å². The van der Waals surface area contributed by atoms with Crippen LogP contribution in [0.4, 0.5) is 0 Å². The van der Waals surface area contributed by atoms with Crippen molar-refractivity contribution in [2.75, 3.05) is 7.11 Å². The fourth-order valence-electron chi connectivity index (χ4n) is 5.79. The minimum absolute atomic E-state index is 0.136. The molecule has 4 heteroatoms. The molecule has 4 atom stereocenters. The van der Waals surface area contributed by atoms with Crippen molar-refractivity contribution in [2.45, 2.75) is 55.6 Å². The number of aliphatic hydroxyl groups is 1. The van der Waals surface area contributed by atoms with E-state index in [9.17, 15) is 9.90 Å². The SMILES string of the molecule is COc1ccc2c3c1O[C@H]1C(=O)CC[C@@]4(O)[C@H](CCC[C@]314)C2. The molecule has 0 radical (unpaired) electrons. The molecule has 2 fully saturated rings. The topological polar surface area (TPSA) is 55.8 Å². The molecule has 0 aromatic heterocycles. The molecular formula is C18H20O4. The van der Waals surface area contributed by atoms with E-state index in [1.807, 2.05) is 6.07 Å². The number of ketones is 1. The maximum absolute atomic E-state index is 12.6. The van der Waals surface area contributed by atoms with Gasteiger partial charge in [0.1, 0.15) is 0 Å². The molecule has 2 bridgehead atoms. The van der Waals surface area contributed by atoms with Crippen LogP contribution in [-0.2, 0) is 16.6 Å². The van der Waals surface area contributed by atoms with Crippen LogP contribution >= 0.6 is 0 Å². The number of Topliss-reactive ketones (excluding diaryl/α,β-unsaturated/α-hetero) is 1. The fourth-order valence-corrected chi connectivity index (χ4v) is 5.79. The molecule has 0 unspecified atom stereocenters. The molecule has 1 aromatic carbocycles. The van der Waals surface area contributed by atoms with E-state index < -0.39 is 17.1 Å². The molecular weight excluding hydrogens is 280 g/mol. The van der Waals surface area contributed by atoms with Crippen LogP contribution < -0.4 is 9.47 Å². The van der Waals surface area contributed by atoms with Crippen LogP contribution in [-0.4, -0.2) is 29.7 Å². The number of carbonyl (C=O) groups excluding carboxylic acids is 1. The van der Waals surface area contributed by atoms with Gasteiger partial charge in [0.2, 0.25) is 0 Å². The number of hydrogen-bond acceptors (Lipinski definition) is 4. The monoisotopic (exact) mass is 300 g/mol. The highest BCUT2D eigenvalue weighted by Crippen LogP contribution is 2.66. The first-order valence-corrected chi connectivity index (χ1v) is 8.24. The lowest BCUT2D eigenvalue weighted by atomic mass is 9.46. The summed E-state index contributed by atoms with van der Waals surface area (Å²) in [5.74, 6) is 1.77. The minimum atomic E-state index is -0.797. The predicted octanol–water partition coefficient (Wildman–Crippen LogP) is 2.14. The van der Waals surface area contributed by atoms with Gasteiger partial charge < -0.3 is 14.6 Å². The van der Waals surface area contributed by atoms with Crippen molar-refractivity contribution in [1.29, 1.82) is 0 Å². The number of methoxy groups -OCH3 is 1. The molecule has 3 aliphatic carbocycles. The van der Waals surface area contributed by atoms with Crippen LogP contribution in [0.25, 0.3) is 0 Å². The van der Waals surface area contributed by atoms with Gasteiger partial charge in [-0.25, -0.2) is 0 Å². The van der Waals surface area contributed by atoms with Crippen LogP contribution in [0.3, 0.4) is 0 Å². The van der Waals surface area contributed by atoms with E-state index in [0.717, 1.165) is 31.2 Å². The molecule has 0 saturated heterocycles. The molecule has 5 rings (SSSR count). The molecule has 0 amide bonds. The van der Waals surface area contributed by atoms with E-state index in [4.69, 9.17) is 9.47 Å². The molecule has 4 aliphatic rings. The molecule has 2 saturated carbocycles. The maximum Gasteiger partial charge on any atom is 0.174 e. The summed E-state index contributed by atoms with van der Waals surface area (Å²) < 4.78 is 11.6. The maximum atomic E-state index is 12.6. The highest BCUT2D eigenvalue weighted by Gasteiger charge is 2.71. The van der Waals surface area contributed by atoms with Gasteiger partial charge in [-0.2, -0.15) is 0 Å². The second kappa shape index (κ2) is 3.85. The van der Waals surface area contributed by atoms with Gasteiger partial charge >= 0.3 is 0 Å². The lowest BCUT2D eigenvalue weighted by molar-refractivity contribution is -0.177. The number of rotatable bonds is 1. The molecule has 1 N–H and O–H groups in total. The summed E-state index contributed by atoms with van der Waals surface area (Å²) >= 11 is 0. The zero-order valence-electron chi connectivity index (χ0n) is 12.7. The lowest BCUT2D eigenvalue weighted by Crippen LogP contribution is -2.69. The van der Waals surface area contributed by atoms with Gasteiger partial charge in [0, 0.05) is 12.0 Å². The average Bonchev–Trinajstić information content (AvgIpc) is 2.85. The normalized spacial score (nSPS) is 40.9. The van der Waals surface area contributed by atoms with Gasteiger partial charge in [0.05, 0.1) is 18.1 Å². The van der Waals surface area contributed by atoms with Crippen molar-refractivity contribution in [1.82, 2.24) is 0 Å². The van der Waals surface area contributed by atoms with Gasteiger partial charge in [-0.05, 0) is 43.2 Å². The summed E-state index contributed by atoms with van der Waals surface area (Å²) in [7, 11) is 1.63.